The minimum atomic E-state index is -0.242. The number of carbonyl (C=O) groups is 1. The highest BCUT2D eigenvalue weighted by Crippen LogP contribution is 2.37. The van der Waals surface area contributed by atoms with Crippen molar-refractivity contribution in [3.63, 3.8) is 0 Å². The molecule has 6 heteroatoms. The molecule has 0 amide bonds. The topological polar surface area (TPSA) is 50.4 Å². The van der Waals surface area contributed by atoms with E-state index in [0.717, 1.165) is 29.8 Å². The number of thiophene rings is 1. The van der Waals surface area contributed by atoms with Gasteiger partial charge < -0.3 is 15.4 Å². The average molecular weight is 312 g/mol. The van der Waals surface area contributed by atoms with Gasteiger partial charge in [-0.05, 0) is 50.4 Å². The lowest BCUT2D eigenvalue weighted by Gasteiger charge is -2.09. The van der Waals surface area contributed by atoms with Crippen molar-refractivity contribution in [2.45, 2.75) is 39.0 Å². The molecule has 1 aromatic heterocycles. The molecular weight excluding hydrogens is 292 g/mol. The van der Waals surface area contributed by atoms with Gasteiger partial charge in [0.05, 0.1) is 12.2 Å². The Hall–Kier alpha value is -1.14. The maximum atomic E-state index is 12.3. The summed E-state index contributed by atoms with van der Waals surface area (Å²) in [6, 6.07) is 0. The molecule has 0 spiro atoms. The molecule has 0 atom stereocenters. The Labute approximate surface area is 128 Å². The van der Waals surface area contributed by atoms with Crippen LogP contribution in [0.1, 0.15) is 47.0 Å². The molecule has 110 valence electrons. The first-order valence-corrected chi connectivity index (χ1v) is 8.20. The van der Waals surface area contributed by atoms with E-state index < -0.39 is 0 Å². The smallest absolute Gasteiger partial charge is 0.341 e. The summed E-state index contributed by atoms with van der Waals surface area (Å²) in [6.45, 7) is 2.22. The van der Waals surface area contributed by atoms with E-state index in [0.29, 0.717) is 17.3 Å². The molecule has 1 aromatic rings. The Morgan fingerprint density at radius 1 is 1.35 bits per heavy atom. The van der Waals surface area contributed by atoms with Crippen molar-refractivity contribution in [3.8, 4) is 0 Å². The standard InChI is InChI=1S/C14H20N2O2S2/c1-3-18-13(17)11-9-7-5-4-6-8-10(9)20-12(11)16-14(19)15-2/h3-8H2,1-2H3,(H2,15,16,19). The second-order valence-corrected chi connectivity index (χ2v) is 6.21. The molecule has 20 heavy (non-hydrogen) atoms. The van der Waals surface area contributed by atoms with Crippen LogP contribution in [0.2, 0.25) is 0 Å². The van der Waals surface area contributed by atoms with E-state index in [1.54, 1.807) is 18.4 Å². The number of thiocarbonyl (C=S) groups is 1. The highest BCUT2D eigenvalue weighted by molar-refractivity contribution is 7.80. The van der Waals surface area contributed by atoms with Gasteiger partial charge in [-0.25, -0.2) is 4.79 Å². The second-order valence-electron chi connectivity index (χ2n) is 4.69. The van der Waals surface area contributed by atoms with E-state index in [1.807, 2.05) is 6.92 Å². The predicted molar refractivity (Wildman–Crippen MR) is 86.8 cm³/mol. The number of nitrogens with one attached hydrogen (secondary N) is 2. The molecule has 4 nitrogen and oxygen atoms in total. The number of aryl methyl sites for hydroxylation is 1. The third-order valence-corrected chi connectivity index (χ3v) is 4.87. The molecule has 0 bridgehead atoms. The largest absolute Gasteiger partial charge is 0.462 e. The fourth-order valence-electron chi connectivity index (χ4n) is 2.42. The predicted octanol–water partition coefficient (Wildman–Crippen LogP) is 3.11. The average Bonchev–Trinajstić information content (AvgIpc) is 2.60. The van der Waals surface area contributed by atoms with Crippen molar-refractivity contribution >= 4 is 39.6 Å². The minimum absolute atomic E-state index is 0.242. The number of ether oxygens (including phenoxy) is 1. The number of anilines is 1. The Morgan fingerprint density at radius 3 is 2.80 bits per heavy atom. The summed E-state index contributed by atoms with van der Waals surface area (Å²) >= 11 is 6.78. The van der Waals surface area contributed by atoms with Gasteiger partial charge in [0, 0.05) is 11.9 Å². The van der Waals surface area contributed by atoms with E-state index in [1.165, 1.54) is 17.7 Å². The number of esters is 1. The summed E-state index contributed by atoms with van der Waals surface area (Å²) in [4.78, 5) is 13.6. The van der Waals surface area contributed by atoms with Gasteiger partial charge in [0.25, 0.3) is 0 Å². The number of carbonyl (C=O) groups excluding carboxylic acids is 1. The van der Waals surface area contributed by atoms with Gasteiger partial charge in [0.15, 0.2) is 5.11 Å². The summed E-state index contributed by atoms with van der Waals surface area (Å²) in [5, 5.41) is 7.33. The van der Waals surface area contributed by atoms with E-state index >= 15 is 0 Å². The highest BCUT2D eigenvalue weighted by atomic mass is 32.1. The van der Waals surface area contributed by atoms with E-state index in [2.05, 4.69) is 10.6 Å². The Bertz CT molecular complexity index is 512. The Kier molecular flexibility index (Phi) is 5.37. The molecule has 0 fully saturated rings. The van der Waals surface area contributed by atoms with Crippen LogP contribution in [0.4, 0.5) is 5.00 Å². The number of rotatable bonds is 3. The van der Waals surface area contributed by atoms with Gasteiger partial charge in [-0.3, -0.25) is 0 Å². The van der Waals surface area contributed by atoms with Crippen molar-refractivity contribution in [3.05, 3.63) is 16.0 Å². The van der Waals surface area contributed by atoms with Gasteiger partial charge in [0.2, 0.25) is 0 Å². The molecule has 0 aromatic carbocycles. The van der Waals surface area contributed by atoms with Crippen LogP contribution in [-0.2, 0) is 17.6 Å². The van der Waals surface area contributed by atoms with Crippen molar-refractivity contribution in [2.24, 2.45) is 0 Å². The first-order chi connectivity index (χ1) is 9.67. The zero-order valence-corrected chi connectivity index (χ0v) is 13.5. The first kappa shape index (κ1) is 15.3. The first-order valence-electron chi connectivity index (χ1n) is 6.97. The Morgan fingerprint density at radius 2 is 2.10 bits per heavy atom. The van der Waals surface area contributed by atoms with Crippen LogP contribution in [0.5, 0.6) is 0 Å². The summed E-state index contributed by atoms with van der Waals surface area (Å²) in [5.41, 5.74) is 1.85. The summed E-state index contributed by atoms with van der Waals surface area (Å²) in [7, 11) is 1.76. The zero-order chi connectivity index (χ0) is 14.5. The highest BCUT2D eigenvalue weighted by Gasteiger charge is 2.25. The van der Waals surface area contributed by atoms with Crippen molar-refractivity contribution in [1.29, 1.82) is 0 Å². The summed E-state index contributed by atoms with van der Waals surface area (Å²) < 4.78 is 5.21. The zero-order valence-electron chi connectivity index (χ0n) is 11.9. The van der Waals surface area contributed by atoms with Crippen LogP contribution in [0.15, 0.2) is 0 Å². The third-order valence-electron chi connectivity index (χ3n) is 3.35. The molecule has 0 saturated carbocycles. The van der Waals surface area contributed by atoms with Gasteiger partial charge in [-0.2, -0.15) is 0 Å². The lowest BCUT2D eigenvalue weighted by molar-refractivity contribution is 0.0527. The molecule has 0 unspecified atom stereocenters. The maximum Gasteiger partial charge on any atom is 0.341 e. The fourth-order valence-corrected chi connectivity index (χ4v) is 3.86. The van der Waals surface area contributed by atoms with Gasteiger partial charge in [-0.1, -0.05) is 6.42 Å². The quantitative estimate of drug-likeness (QED) is 0.510. The summed E-state index contributed by atoms with van der Waals surface area (Å²) in [6.07, 6.45) is 5.54. The van der Waals surface area contributed by atoms with Gasteiger partial charge in [0.1, 0.15) is 5.00 Å². The molecule has 0 saturated heterocycles. The maximum absolute atomic E-state index is 12.3. The third kappa shape index (κ3) is 3.30. The molecule has 1 aliphatic carbocycles. The van der Waals surface area contributed by atoms with Crippen LogP contribution in [0.3, 0.4) is 0 Å². The van der Waals surface area contributed by atoms with Crippen LogP contribution >= 0.6 is 23.6 Å². The molecule has 0 aliphatic heterocycles. The SMILES string of the molecule is CCOC(=O)c1c(NC(=S)NC)sc2c1CCCCC2. The molecule has 1 aliphatic rings. The van der Waals surface area contributed by atoms with Gasteiger partial charge in [-0.15, -0.1) is 11.3 Å². The number of hydrogen-bond acceptors (Lipinski definition) is 4. The normalized spacial score (nSPS) is 14.1. The number of fused-ring (bicyclic) bond motifs is 1. The Balaban J connectivity index is 2.39. The lowest BCUT2D eigenvalue weighted by atomic mass is 10.1. The van der Waals surface area contributed by atoms with Crippen LogP contribution < -0.4 is 10.6 Å². The minimum Gasteiger partial charge on any atom is -0.462 e. The van der Waals surface area contributed by atoms with E-state index in [4.69, 9.17) is 17.0 Å². The van der Waals surface area contributed by atoms with E-state index in [9.17, 15) is 4.79 Å². The van der Waals surface area contributed by atoms with Crippen LogP contribution in [0.25, 0.3) is 0 Å². The van der Waals surface area contributed by atoms with Crippen molar-refractivity contribution in [1.82, 2.24) is 5.32 Å². The van der Waals surface area contributed by atoms with Gasteiger partial charge >= 0.3 is 5.97 Å². The van der Waals surface area contributed by atoms with Crippen molar-refractivity contribution in [2.75, 3.05) is 19.0 Å². The molecule has 0 radical (unpaired) electrons. The van der Waals surface area contributed by atoms with Crippen LogP contribution in [-0.4, -0.2) is 24.7 Å². The monoisotopic (exact) mass is 312 g/mol. The molecule has 1 heterocycles. The molecule has 2 N–H and O–H groups in total. The number of hydrogen-bond donors (Lipinski definition) is 2. The fraction of sp³-hybridized carbons (Fsp3) is 0.571. The lowest BCUT2D eigenvalue weighted by Crippen LogP contribution is -2.24. The van der Waals surface area contributed by atoms with E-state index in [-0.39, 0.29) is 5.97 Å². The second kappa shape index (κ2) is 7.04. The molecular formula is C14H20N2O2S2. The van der Waals surface area contributed by atoms with Crippen molar-refractivity contribution < 1.29 is 9.53 Å². The summed E-state index contributed by atoms with van der Waals surface area (Å²) in [5.74, 6) is -0.242. The molecule has 2 rings (SSSR count). The van der Waals surface area contributed by atoms with Crippen LogP contribution in [0, 0.1) is 0 Å².